The van der Waals surface area contributed by atoms with Gasteiger partial charge >= 0.3 is 0 Å². The van der Waals surface area contributed by atoms with E-state index >= 15 is 0 Å². The Kier molecular flexibility index (Phi) is 5.94. The van der Waals surface area contributed by atoms with E-state index in [2.05, 4.69) is 15.1 Å². The fourth-order valence-corrected chi connectivity index (χ4v) is 3.44. The Hall–Kier alpha value is -1.92. The fraction of sp³-hybridized carbons (Fsp3) is 0.600. The SMILES string of the molecule is CC(C(=O)NC1CC1)N1CCN(C(C)C(=O)N(C)c2ccccc2)CC1. The molecule has 0 aromatic heterocycles. The highest BCUT2D eigenvalue weighted by atomic mass is 16.2. The van der Waals surface area contributed by atoms with Gasteiger partial charge < -0.3 is 10.2 Å². The highest BCUT2D eigenvalue weighted by Crippen LogP contribution is 2.20. The molecule has 1 saturated carbocycles. The van der Waals surface area contributed by atoms with Crippen LogP contribution in [0.4, 0.5) is 5.69 Å². The van der Waals surface area contributed by atoms with E-state index < -0.39 is 0 Å². The number of piperazine rings is 1. The first-order valence-corrected chi connectivity index (χ1v) is 9.58. The molecule has 26 heavy (non-hydrogen) atoms. The molecule has 1 aromatic rings. The van der Waals surface area contributed by atoms with Crippen LogP contribution in [0.25, 0.3) is 0 Å². The van der Waals surface area contributed by atoms with Crippen LogP contribution in [0.3, 0.4) is 0 Å². The van der Waals surface area contributed by atoms with Crippen molar-refractivity contribution in [2.24, 2.45) is 0 Å². The van der Waals surface area contributed by atoms with Crippen molar-refractivity contribution in [1.82, 2.24) is 15.1 Å². The standard InChI is InChI=1S/C20H30N4O2/c1-15(19(25)21-17-9-10-17)23-11-13-24(14-12-23)16(2)20(26)22(3)18-7-5-4-6-8-18/h4-8,15-17H,9-14H2,1-3H3,(H,21,25). The zero-order chi connectivity index (χ0) is 18.7. The second kappa shape index (κ2) is 8.18. The van der Waals surface area contributed by atoms with Crippen LogP contribution in [0, 0.1) is 0 Å². The highest BCUT2D eigenvalue weighted by Gasteiger charge is 2.32. The molecular formula is C20H30N4O2. The van der Waals surface area contributed by atoms with Gasteiger partial charge in [-0.05, 0) is 38.8 Å². The summed E-state index contributed by atoms with van der Waals surface area (Å²) in [4.78, 5) is 31.2. The molecule has 1 N–H and O–H groups in total. The summed E-state index contributed by atoms with van der Waals surface area (Å²) in [6.07, 6.45) is 2.22. The molecule has 1 heterocycles. The second-order valence-corrected chi connectivity index (χ2v) is 7.44. The molecular weight excluding hydrogens is 328 g/mol. The quantitative estimate of drug-likeness (QED) is 0.833. The average molecular weight is 358 g/mol. The second-order valence-electron chi connectivity index (χ2n) is 7.44. The van der Waals surface area contributed by atoms with Crippen molar-refractivity contribution in [3.8, 4) is 0 Å². The normalized spacial score (nSPS) is 21.0. The molecule has 2 aliphatic rings. The number of nitrogens with zero attached hydrogens (tertiary/aromatic N) is 3. The molecule has 2 amide bonds. The minimum Gasteiger partial charge on any atom is -0.352 e. The van der Waals surface area contributed by atoms with E-state index in [-0.39, 0.29) is 23.9 Å². The number of rotatable bonds is 6. The summed E-state index contributed by atoms with van der Waals surface area (Å²) in [5.74, 6) is 0.234. The lowest BCUT2D eigenvalue weighted by molar-refractivity contribution is -0.128. The van der Waals surface area contributed by atoms with Crippen molar-refractivity contribution < 1.29 is 9.59 Å². The summed E-state index contributed by atoms with van der Waals surface area (Å²) in [5.41, 5.74) is 0.911. The maximum absolute atomic E-state index is 12.8. The van der Waals surface area contributed by atoms with Crippen molar-refractivity contribution in [3.05, 3.63) is 30.3 Å². The Bertz CT molecular complexity index is 624. The number of hydrogen-bond donors (Lipinski definition) is 1. The van der Waals surface area contributed by atoms with Crippen molar-refractivity contribution >= 4 is 17.5 Å². The molecule has 1 saturated heterocycles. The van der Waals surface area contributed by atoms with Gasteiger partial charge in [0, 0.05) is 45.0 Å². The van der Waals surface area contributed by atoms with Gasteiger partial charge in [0.15, 0.2) is 0 Å². The third kappa shape index (κ3) is 4.43. The van der Waals surface area contributed by atoms with Gasteiger partial charge in [0.25, 0.3) is 0 Å². The molecule has 2 fully saturated rings. The zero-order valence-corrected chi connectivity index (χ0v) is 16.0. The number of likely N-dealkylation sites (N-methyl/N-ethyl adjacent to an activating group) is 1. The lowest BCUT2D eigenvalue weighted by Gasteiger charge is -2.40. The summed E-state index contributed by atoms with van der Waals surface area (Å²) in [6.45, 7) is 7.18. The van der Waals surface area contributed by atoms with Gasteiger partial charge in [-0.2, -0.15) is 0 Å². The van der Waals surface area contributed by atoms with E-state index in [1.54, 1.807) is 4.90 Å². The topological polar surface area (TPSA) is 55.9 Å². The van der Waals surface area contributed by atoms with Gasteiger partial charge in [0.1, 0.15) is 0 Å². The van der Waals surface area contributed by atoms with E-state index in [4.69, 9.17) is 0 Å². The summed E-state index contributed by atoms with van der Waals surface area (Å²) < 4.78 is 0. The summed E-state index contributed by atoms with van der Waals surface area (Å²) in [7, 11) is 1.83. The molecule has 1 aromatic carbocycles. The Morgan fingerprint density at radius 1 is 1.00 bits per heavy atom. The average Bonchev–Trinajstić information content (AvgIpc) is 3.50. The van der Waals surface area contributed by atoms with Crippen molar-refractivity contribution in [2.75, 3.05) is 38.1 Å². The molecule has 1 aliphatic heterocycles. The van der Waals surface area contributed by atoms with Crippen molar-refractivity contribution in [2.45, 2.75) is 44.8 Å². The van der Waals surface area contributed by atoms with E-state index in [9.17, 15) is 9.59 Å². The van der Waals surface area contributed by atoms with Gasteiger partial charge in [0.2, 0.25) is 11.8 Å². The van der Waals surface area contributed by atoms with Gasteiger partial charge in [-0.15, -0.1) is 0 Å². The largest absolute Gasteiger partial charge is 0.352 e. The van der Waals surface area contributed by atoms with Crippen LogP contribution in [0.2, 0.25) is 0 Å². The zero-order valence-electron chi connectivity index (χ0n) is 16.0. The number of anilines is 1. The van der Waals surface area contributed by atoms with Crippen LogP contribution in [0.1, 0.15) is 26.7 Å². The van der Waals surface area contributed by atoms with E-state index in [1.165, 1.54) is 0 Å². The van der Waals surface area contributed by atoms with E-state index in [1.807, 2.05) is 51.2 Å². The predicted molar refractivity (Wildman–Crippen MR) is 103 cm³/mol. The molecule has 1 aliphatic carbocycles. The Morgan fingerprint density at radius 2 is 1.54 bits per heavy atom. The number of amides is 2. The molecule has 3 rings (SSSR count). The van der Waals surface area contributed by atoms with E-state index in [0.717, 1.165) is 44.7 Å². The van der Waals surface area contributed by atoms with Gasteiger partial charge in [-0.3, -0.25) is 19.4 Å². The smallest absolute Gasteiger partial charge is 0.243 e. The molecule has 142 valence electrons. The van der Waals surface area contributed by atoms with Crippen LogP contribution in [-0.2, 0) is 9.59 Å². The summed E-state index contributed by atoms with van der Waals surface area (Å²) in [6, 6.07) is 9.86. The van der Waals surface area contributed by atoms with E-state index in [0.29, 0.717) is 6.04 Å². The molecule has 6 nitrogen and oxygen atoms in total. The van der Waals surface area contributed by atoms with Crippen LogP contribution in [-0.4, -0.2) is 73.0 Å². The first-order chi connectivity index (χ1) is 12.5. The minimum absolute atomic E-state index is 0.101. The molecule has 6 heteroatoms. The van der Waals surface area contributed by atoms with Crippen molar-refractivity contribution in [1.29, 1.82) is 0 Å². The predicted octanol–water partition coefficient (Wildman–Crippen LogP) is 1.32. The Morgan fingerprint density at radius 3 is 2.08 bits per heavy atom. The first-order valence-electron chi connectivity index (χ1n) is 9.58. The summed E-state index contributed by atoms with van der Waals surface area (Å²) >= 11 is 0. The van der Waals surface area contributed by atoms with Crippen LogP contribution < -0.4 is 10.2 Å². The molecule has 0 spiro atoms. The van der Waals surface area contributed by atoms with Gasteiger partial charge in [-0.25, -0.2) is 0 Å². The van der Waals surface area contributed by atoms with Crippen LogP contribution >= 0.6 is 0 Å². The van der Waals surface area contributed by atoms with Crippen LogP contribution in [0.15, 0.2) is 30.3 Å². The van der Waals surface area contributed by atoms with Crippen LogP contribution in [0.5, 0.6) is 0 Å². The lowest BCUT2D eigenvalue weighted by Crippen LogP contribution is -2.57. The molecule has 0 bridgehead atoms. The van der Waals surface area contributed by atoms with Gasteiger partial charge in [-0.1, -0.05) is 18.2 Å². The highest BCUT2D eigenvalue weighted by molar-refractivity contribution is 5.96. The number of benzene rings is 1. The van der Waals surface area contributed by atoms with Crippen molar-refractivity contribution in [3.63, 3.8) is 0 Å². The number of hydrogen-bond acceptors (Lipinski definition) is 4. The maximum Gasteiger partial charge on any atom is 0.243 e. The molecule has 2 unspecified atom stereocenters. The number of para-hydroxylation sites is 1. The minimum atomic E-state index is -0.169. The first kappa shape index (κ1) is 18.9. The maximum atomic E-state index is 12.8. The third-order valence-corrected chi connectivity index (χ3v) is 5.58. The summed E-state index contributed by atoms with van der Waals surface area (Å²) in [5, 5.41) is 3.08. The molecule has 2 atom stereocenters. The van der Waals surface area contributed by atoms with Gasteiger partial charge in [0.05, 0.1) is 12.1 Å². The number of nitrogens with one attached hydrogen (secondary N) is 1. The monoisotopic (exact) mass is 358 g/mol. The lowest BCUT2D eigenvalue weighted by atomic mass is 10.1. The third-order valence-electron chi connectivity index (χ3n) is 5.58. The Balaban J connectivity index is 1.50. The number of carbonyl (C=O) groups excluding carboxylic acids is 2. The Labute approximate surface area is 156 Å². The fourth-order valence-electron chi connectivity index (χ4n) is 3.44. The number of carbonyl (C=O) groups is 2. The molecule has 0 radical (unpaired) electrons.